The van der Waals surface area contributed by atoms with Gasteiger partial charge in [-0.25, -0.2) is 0 Å². The molecular weight excluding hydrogens is 376 g/mol. The van der Waals surface area contributed by atoms with Gasteiger partial charge in [0, 0.05) is 44.7 Å². The van der Waals surface area contributed by atoms with Gasteiger partial charge in [0.25, 0.3) is 0 Å². The van der Waals surface area contributed by atoms with E-state index in [9.17, 15) is 9.59 Å². The monoisotopic (exact) mass is 410 g/mol. The summed E-state index contributed by atoms with van der Waals surface area (Å²) in [5.74, 6) is 0.991. The molecule has 1 spiro atoms. The van der Waals surface area contributed by atoms with Crippen LogP contribution in [-0.4, -0.2) is 49.1 Å². The van der Waals surface area contributed by atoms with Gasteiger partial charge >= 0.3 is 0 Å². The van der Waals surface area contributed by atoms with Crippen LogP contribution in [0.3, 0.4) is 0 Å². The predicted molar refractivity (Wildman–Crippen MR) is 115 cm³/mol. The van der Waals surface area contributed by atoms with Crippen molar-refractivity contribution in [3.05, 3.63) is 35.4 Å². The number of nitrogens with one attached hydrogen (secondary N) is 1. The van der Waals surface area contributed by atoms with Gasteiger partial charge in [-0.1, -0.05) is 24.3 Å². The summed E-state index contributed by atoms with van der Waals surface area (Å²) in [5, 5.41) is 3.22. The molecule has 5 heteroatoms. The number of nitrogens with zero attached hydrogens (tertiary/aromatic N) is 1. The van der Waals surface area contributed by atoms with Crippen molar-refractivity contribution in [1.29, 1.82) is 0 Å². The second-order valence-corrected chi connectivity index (χ2v) is 9.88. The summed E-state index contributed by atoms with van der Waals surface area (Å²) >= 11 is 0. The number of fused-ring (bicyclic) bond motifs is 2. The number of rotatable bonds is 4. The van der Waals surface area contributed by atoms with Gasteiger partial charge in [0.05, 0.1) is 0 Å². The maximum Gasteiger partial charge on any atom is 0.225 e. The zero-order chi connectivity index (χ0) is 20.6. The van der Waals surface area contributed by atoms with E-state index in [1.54, 1.807) is 0 Å². The molecule has 2 aliphatic carbocycles. The molecule has 1 atom stereocenters. The topological polar surface area (TPSA) is 58.6 Å². The minimum atomic E-state index is 0.129. The Morgan fingerprint density at radius 3 is 2.50 bits per heavy atom. The summed E-state index contributed by atoms with van der Waals surface area (Å²) in [6, 6.07) is 9.15. The number of hydrogen-bond acceptors (Lipinski definition) is 3. The first kappa shape index (κ1) is 20.0. The minimum absolute atomic E-state index is 0.129. The first-order valence-electron chi connectivity index (χ1n) is 11.9. The van der Waals surface area contributed by atoms with E-state index in [4.69, 9.17) is 4.74 Å². The van der Waals surface area contributed by atoms with Crippen LogP contribution in [-0.2, 0) is 19.7 Å². The number of carbonyl (C=O) groups is 2. The summed E-state index contributed by atoms with van der Waals surface area (Å²) < 4.78 is 5.43. The lowest BCUT2D eigenvalue weighted by Gasteiger charge is -2.42. The van der Waals surface area contributed by atoms with Crippen molar-refractivity contribution in [2.45, 2.75) is 75.2 Å². The molecule has 0 bridgehead atoms. The molecule has 4 aliphatic rings. The van der Waals surface area contributed by atoms with Gasteiger partial charge in [-0.15, -0.1) is 0 Å². The molecule has 2 saturated heterocycles. The van der Waals surface area contributed by atoms with Crippen molar-refractivity contribution in [3.63, 3.8) is 0 Å². The second kappa shape index (κ2) is 8.33. The molecular formula is C25H34N2O3. The van der Waals surface area contributed by atoms with Crippen molar-refractivity contribution in [3.8, 4) is 0 Å². The van der Waals surface area contributed by atoms with Crippen molar-refractivity contribution < 1.29 is 14.3 Å². The maximum absolute atomic E-state index is 13.0. The minimum Gasteiger partial charge on any atom is -0.381 e. The van der Waals surface area contributed by atoms with Crippen LogP contribution in [0.1, 0.15) is 74.8 Å². The van der Waals surface area contributed by atoms with Crippen molar-refractivity contribution in [2.75, 3.05) is 26.3 Å². The average Bonchev–Trinajstić information content (AvgIpc) is 3.05. The SMILES string of the molecule is O=C(C[C@@H]1CC2(CCN(C(=O)C3CCOCC3)CC2)c2ccccc21)NC1CCC1. The molecule has 0 radical (unpaired) electrons. The van der Waals surface area contributed by atoms with E-state index in [2.05, 4.69) is 34.5 Å². The number of likely N-dealkylation sites (tertiary alicyclic amines) is 1. The van der Waals surface area contributed by atoms with E-state index in [-0.39, 0.29) is 17.2 Å². The Balaban J connectivity index is 1.25. The molecule has 0 unspecified atom stereocenters. The van der Waals surface area contributed by atoms with E-state index in [0.717, 1.165) is 58.0 Å². The highest BCUT2D eigenvalue weighted by Gasteiger charge is 2.46. The van der Waals surface area contributed by atoms with Crippen molar-refractivity contribution in [1.82, 2.24) is 10.2 Å². The van der Waals surface area contributed by atoms with Gasteiger partial charge < -0.3 is 15.0 Å². The van der Waals surface area contributed by atoms with E-state index < -0.39 is 0 Å². The largest absolute Gasteiger partial charge is 0.381 e. The summed E-state index contributed by atoms with van der Waals surface area (Å²) in [4.78, 5) is 27.7. The Morgan fingerprint density at radius 2 is 1.80 bits per heavy atom. The van der Waals surface area contributed by atoms with Crippen LogP contribution >= 0.6 is 0 Å². The lowest BCUT2D eigenvalue weighted by molar-refractivity contribution is -0.140. The van der Waals surface area contributed by atoms with Gasteiger partial charge in [-0.3, -0.25) is 9.59 Å². The fraction of sp³-hybridized carbons (Fsp3) is 0.680. The molecule has 162 valence electrons. The molecule has 1 aromatic rings. The van der Waals surface area contributed by atoms with E-state index >= 15 is 0 Å². The van der Waals surface area contributed by atoms with Crippen LogP contribution in [0.5, 0.6) is 0 Å². The number of amides is 2. The van der Waals surface area contributed by atoms with Crippen LogP contribution in [0.25, 0.3) is 0 Å². The lowest BCUT2D eigenvalue weighted by atomic mass is 9.73. The molecule has 1 aromatic carbocycles. The number of carbonyl (C=O) groups excluding carboxylic acids is 2. The Kier molecular flexibility index (Phi) is 5.57. The summed E-state index contributed by atoms with van der Waals surface area (Å²) in [7, 11) is 0. The van der Waals surface area contributed by atoms with Gasteiger partial charge in [-0.05, 0) is 73.8 Å². The zero-order valence-corrected chi connectivity index (χ0v) is 17.9. The van der Waals surface area contributed by atoms with Crippen molar-refractivity contribution in [2.24, 2.45) is 5.92 Å². The third kappa shape index (κ3) is 3.77. The van der Waals surface area contributed by atoms with Gasteiger partial charge in [0.1, 0.15) is 0 Å². The number of piperidine rings is 1. The standard InChI is InChI=1S/C25H34N2O3/c28-23(26-20-4-3-5-20)16-19-17-25(22-7-2-1-6-21(19)22)10-12-27(13-11-25)24(29)18-8-14-30-15-9-18/h1-2,6-7,18-20H,3-5,8-17H2,(H,26,28)/t19-/m1/s1. The predicted octanol–water partition coefficient (Wildman–Crippen LogP) is 3.52. The summed E-state index contributed by atoms with van der Waals surface area (Å²) in [5.41, 5.74) is 2.93. The molecule has 5 nitrogen and oxygen atoms in total. The molecule has 2 aliphatic heterocycles. The number of ether oxygens (including phenoxy) is 1. The first-order chi connectivity index (χ1) is 14.6. The molecule has 1 N–H and O–H groups in total. The highest BCUT2D eigenvalue weighted by atomic mass is 16.5. The maximum atomic E-state index is 13.0. The zero-order valence-electron chi connectivity index (χ0n) is 17.9. The quantitative estimate of drug-likeness (QED) is 0.826. The Hall–Kier alpha value is -1.88. The smallest absolute Gasteiger partial charge is 0.225 e. The van der Waals surface area contributed by atoms with Crippen LogP contribution < -0.4 is 5.32 Å². The third-order valence-electron chi connectivity index (χ3n) is 8.11. The fourth-order valence-corrected chi connectivity index (χ4v) is 6.10. The van der Waals surface area contributed by atoms with Gasteiger partial charge in [0.15, 0.2) is 0 Å². The highest BCUT2D eigenvalue weighted by molar-refractivity contribution is 5.79. The van der Waals surface area contributed by atoms with Crippen molar-refractivity contribution >= 4 is 11.8 Å². The lowest BCUT2D eigenvalue weighted by Crippen LogP contribution is -2.47. The molecule has 3 fully saturated rings. The fourth-order valence-electron chi connectivity index (χ4n) is 6.10. The van der Waals surface area contributed by atoms with Crippen LogP contribution in [0, 0.1) is 5.92 Å². The van der Waals surface area contributed by atoms with E-state index in [1.165, 1.54) is 17.5 Å². The molecule has 1 saturated carbocycles. The second-order valence-electron chi connectivity index (χ2n) is 9.88. The first-order valence-corrected chi connectivity index (χ1v) is 11.9. The molecule has 30 heavy (non-hydrogen) atoms. The molecule has 2 amide bonds. The summed E-state index contributed by atoms with van der Waals surface area (Å²) in [6.07, 6.45) is 8.90. The Labute approximate surface area is 179 Å². The van der Waals surface area contributed by atoms with Gasteiger partial charge in [0.2, 0.25) is 11.8 Å². The number of hydrogen-bond donors (Lipinski definition) is 1. The van der Waals surface area contributed by atoms with E-state index in [0.29, 0.717) is 37.5 Å². The van der Waals surface area contributed by atoms with Crippen LogP contribution in [0.15, 0.2) is 24.3 Å². The van der Waals surface area contributed by atoms with E-state index in [1.807, 2.05) is 0 Å². The molecule has 5 rings (SSSR count). The number of benzene rings is 1. The molecule has 2 heterocycles. The Bertz CT molecular complexity index is 789. The van der Waals surface area contributed by atoms with Gasteiger partial charge in [-0.2, -0.15) is 0 Å². The highest BCUT2D eigenvalue weighted by Crippen LogP contribution is 2.52. The van der Waals surface area contributed by atoms with Crippen LogP contribution in [0.4, 0.5) is 0 Å². The summed E-state index contributed by atoms with van der Waals surface area (Å²) in [6.45, 7) is 3.11. The van der Waals surface area contributed by atoms with Crippen LogP contribution in [0.2, 0.25) is 0 Å². The average molecular weight is 411 g/mol. The Morgan fingerprint density at radius 1 is 1.07 bits per heavy atom. The molecule has 0 aromatic heterocycles. The third-order valence-corrected chi connectivity index (χ3v) is 8.11. The normalized spacial score (nSPS) is 26.3.